The lowest BCUT2D eigenvalue weighted by molar-refractivity contribution is 0.276. The van der Waals surface area contributed by atoms with Crippen molar-refractivity contribution in [2.75, 3.05) is 11.4 Å². The van der Waals surface area contributed by atoms with Crippen molar-refractivity contribution < 1.29 is 5.11 Å². The minimum atomic E-state index is -0.0386. The smallest absolute Gasteiger partial charge is 0.147 e. The van der Waals surface area contributed by atoms with Crippen molar-refractivity contribution in [1.82, 2.24) is 9.97 Å². The van der Waals surface area contributed by atoms with Gasteiger partial charge in [0.25, 0.3) is 0 Å². The van der Waals surface area contributed by atoms with Crippen LogP contribution < -0.4 is 4.90 Å². The molecule has 1 aliphatic heterocycles. The molecule has 0 spiro atoms. The van der Waals surface area contributed by atoms with Crippen LogP contribution in [0.2, 0.25) is 0 Å². The first-order valence-electron chi connectivity index (χ1n) is 5.99. The topological polar surface area (TPSA) is 49.2 Å². The minimum absolute atomic E-state index is 0.0386. The number of rotatable bonds is 2. The summed E-state index contributed by atoms with van der Waals surface area (Å²) < 4.78 is 0. The Balaban J connectivity index is 2.19. The summed E-state index contributed by atoms with van der Waals surface area (Å²) >= 11 is 0. The van der Waals surface area contributed by atoms with Crippen molar-refractivity contribution in [3.05, 3.63) is 18.1 Å². The van der Waals surface area contributed by atoms with Crippen molar-refractivity contribution in [2.45, 2.75) is 45.3 Å². The zero-order chi connectivity index (χ0) is 11.4. The third-order valence-electron chi connectivity index (χ3n) is 3.18. The van der Waals surface area contributed by atoms with Gasteiger partial charge in [-0.2, -0.15) is 0 Å². The number of anilines is 1. The Morgan fingerprint density at radius 3 is 3.06 bits per heavy atom. The normalized spacial score (nSPS) is 21.9. The molecule has 1 unspecified atom stereocenters. The second kappa shape index (κ2) is 5.25. The van der Waals surface area contributed by atoms with Gasteiger partial charge in [0.2, 0.25) is 0 Å². The first-order chi connectivity index (χ1) is 7.81. The minimum Gasteiger partial charge on any atom is -0.390 e. The van der Waals surface area contributed by atoms with Gasteiger partial charge in [-0.15, -0.1) is 0 Å². The molecular weight excluding hydrogens is 202 g/mol. The van der Waals surface area contributed by atoms with E-state index >= 15 is 0 Å². The van der Waals surface area contributed by atoms with E-state index in [9.17, 15) is 0 Å². The molecule has 1 aliphatic rings. The molecule has 4 nitrogen and oxygen atoms in total. The van der Waals surface area contributed by atoms with Gasteiger partial charge in [0.15, 0.2) is 0 Å². The van der Waals surface area contributed by atoms with Crippen LogP contribution in [0.3, 0.4) is 0 Å². The molecule has 2 heterocycles. The first-order valence-corrected chi connectivity index (χ1v) is 5.99. The molecule has 0 aromatic carbocycles. The van der Waals surface area contributed by atoms with Gasteiger partial charge >= 0.3 is 0 Å². The van der Waals surface area contributed by atoms with Crippen molar-refractivity contribution in [1.29, 1.82) is 0 Å². The molecule has 1 N–H and O–H groups in total. The SMILES string of the molecule is CC1CCCCCN1c1cncc(CO)n1. The van der Waals surface area contributed by atoms with Crippen LogP contribution in [0.25, 0.3) is 0 Å². The van der Waals surface area contributed by atoms with Crippen molar-refractivity contribution in [2.24, 2.45) is 0 Å². The lowest BCUT2D eigenvalue weighted by atomic mass is 10.1. The summed E-state index contributed by atoms with van der Waals surface area (Å²) in [4.78, 5) is 10.9. The summed E-state index contributed by atoms with van der Waals surface area (Å²) in [7, 11) is 0. The highest BCUT2D eigenvalue weighted by molar-refractivity contribution is 5.37. The summed E-state index contributed by atoms with van der Waals surface area (Å²) in [5.74, 6) is 0.904. The zero-order valence-electron chi connectivity index (χ0n) is 9.76. The van der Waals surface area contributed by atoms with Crippen LogP contribution in [-0.4, -0.2) is 27.7 Å². The van der Waals surface area contributed by atoms with E-state index in [1.54, 1.807) is 12.4 Å². The quantitative estimate of drug-likeness (QED) is 0.826. The van der Waals surface area contributed by atoms with E-state index < -0.39 is 0 Å². The van der Waals surface area contributed by atoms with Gasteiger partial charge in [0.05, 0.1) is 24.7 Å². The van der Waals surface area contributed by atoms with Crippen LogP contribution >= 0.6 is 0 Å². The highest BCUT2D eigenvalue weighted by atomic mass is 16.3. The molecule has 0 aliphatic carbocycles. The second-order valence-electron chi connectivity index (χ2n) is 4.42. The van der Waals surface area contributed by atoms with Gasteiger partial charge in [-0.3, -0.25) is 4.98 Å². The van der Waals surface area contributed by atoms with Crippen LogP contribution in [0.15, 0.2) is 12.4 Å². The summed E-state index contributed by atoms with van der Waals surface area (Å²) in [6, 6.07) is 0.519. The van der Waals surface area contributed by atoms with Crippen molar-refractivity contribution >= 4 is 5.82 Å². The summed E-state index contributed by atoms with van der Waals surface area (Å²) in [6.45, 7) is 3.24. The van der Waals surface area contributed by atoms with Gasteiger partial charge in [-0.1, -0.05) is 12.8 Å². The maximum absolute atomic E-state index is 9.06. The van der Waals surface area contributed by atoms with Crippen LogP contribution in [0, 0.1) is 0 Å². The highest BCUT2D eigenvalue weighted by Gasteiger charge is 2.18. The van der Waals surface area contributed by atoms with Gasteiger partial charge < -0.3 is 10.0 Å². The molecule has 0 radical (unpaired) electrons. The first kappa shape index (κ1) is 11.3. The number of hydrogen-bond donors (Lipinski definition) is 1. The Bertz CT molecular complexity index is 343. The van der Waals surface area contributed by atoms with E-state index in [1.165, 1.54) is 25.7 Å². The van der Waals surface area contributed by atoms with E-state index in [-0.39, 0.29) is 6.61 Å². The van der Waals surface area contributed by atoms with E-state index in [4.69, 9.17) is 5.11 Å². The number of aromatic nitrogens is 2. The fraction of sp³-hybridized carbons (Fsp3) is 0.667. The average molecular weight is 221 g/mol. The third-order valence-corrected chi connectivity index (χ3v) is 3.18. The van der Waals surface area contributed by atoms with Crippen molar-refractivity contribution in [3.63, 3.8) is 0 Å². The van der Waals surface area contributed by atoms with E-state index in [2.05, 4.69) is 21.8 Å². The predicted molar refractivity (Wildman–Crippen MR) is 63.2 cm³/mol. The van der Waals surface area contributed by atoms with E-state index in [0.717, 1.165) is 12.4 Å². The molecule has 4 heteroatoms. The molecule has 1 saturated heterocycles. The predicted octanol–water partition coefficient (Wildman–Crippen LogP) is 1.74. The van der Waals surface area contributed by atoms with Gasteiger partial charge in [-0.05, 0) is 19.8 Å². The molecule has 0 saturated carbocycles. The van der Waals surface area contributed by atoms with Gasteiger partial charge in [0, 0.05) is 12.6 Å². The molecular formula is C12H19N3O. The number of aliphatic hydroxyl groups is 1. The number of nitrogens with zero attached hydrogens (tertiary/aromatic N) is 3. The van der Waals surface area contributed by atoms with E-state index in [1.807, 2.05) is 0 Å². The molecule has 16 heavy (non-hydrogen) atoms. The molecule has 2 rings (SSSR count). The van der Waals surface area contributed by atoms with Crippen LogP contribution in [0.1, 0.15) is 38.3 Å². The monoisotopic (exact) mass is 221 g/mol. The fourth-order valence-electron chi connectivity index (χ4n) is 2.22. The lowest BCUT2D eigenvalue weighted by Gasteiger charge is -2.28. The molecule has 1 fully saturated rings. The Labute approximate surface area is 96.3 Å². The van der Waals surface area contributed by atoms with Gasteiger partial charge in [-0.25, -0.2) is 4.98 Å². The maximum atomic E-state index is 9.06. The van der Waals surface area contributed by atoms with Crippen LogP contribution in [0.4, 0.5) is 5.82 Å². The second-order valence-corrected chi connectivity index (χ2v) is 4.42. The molecule has 88 valence electrons. The standard InChI is InChI=1S/C12H19N3O/c1-10-5-3-2-4-6-15(10)12-8-13-7-11(9-16)14-12/h7-8,10,16H,2-6,9H2,1H3. The lowest BCUT2D eigenvalue weighted by Crippen LogP contribution is -2.33. The third kappa shape index (κ3) is 2.50. The maximum Gasteiger partial charge on any atom is 0.147 e. The highest BCUT2D eigenvalue weighted by Crippen LogP contribution is 2.21. The van der Waals surface area contributed by atoms with Crippen molar-refractivity contribution in [3.8, 4) is 0 Å². The Morgan fingerprint density at radius 1 is 1.38 bits per heavy atom. The zero-order valence-corrected chi connectivity index (χ0v) is 9.76. The number of hydrogen-bond acceptors (Lipinski definition) is 4. The average Bonchev–Trinajstić information content (AvgIpc) is 2.54. The Hall–Kier alpha value is -1.16. The van der Waals surface area contributed by atoms with Crippen LogP contribution in [0.5, 0.6) is 0 Å². The summed E-state index contributed by atoms with van der Waals surface area (Å²) in [5, 5.41) is 9.06. The summed E-state index contributed by atoms with van der Waals surface area (Å²) in [6.07, 6.45) is 8.44. The van der Waals surface area contributed by atoms with Crippen LogP contribution in [-0.2, 0) is 6.61 Å². The Kier molecular flexibility index (Phi) is 3.72. The molecule has 0 bridgehead atoms. The largest absolute Gasteiger partial charge is 0.390 e. The van der Waals surface area contributed by atoms with E-state index in [0.29, 0.717) is 11.7 Å². The molecule has 1 aromatic heterocycles. The summed E-state index contributed by atoms with van der Waals surface area (Å²) in [5.41, 5.74) is 0.647. The van der Waals surface area contributed by atoms with Gasteiger partial charge in [0.1, 0.15) is 5.82 Å². The fourth-order valence-corrected chi connectivity index (χ4v) is 2.22. The molecule has 0 amide bonds. The Morgan fingerprint density at radius 2 is 2.25 bits per heavy atom. The molecule has 1 atom stereocenters. The number of aliphatic hydroxyl groups excluding tert-OH is 1. The molecule has 1 aromatic rings.